The van der Waals surface area contributed by atoms with Gasteiger partial charge in [0.2, 0.25) is 5.91 Å². The van der Waals surface area contributed by atoms with Gasteiger partial charge in [-0.15, -0.1) is 0 Å². The Hall–Kier alpha value is -3.20. The minimum atomic E-state index is -0.442. The summed E-state index contributed by atoms with van der Waals surface area (Å²) in [5.41, 5.74) is 3.62. The van der Waals surface area contributed by atoms with Crippen LogP contribution >= 0.6 is 0 Å². The molecule has 0 saturated heterocycles. The predicted octanol–water partition coefficient (Wildman–Crippen LogP) is 5.38. The highest BCUT2D eigenvalue weighted by Crippen LogP contribution is 2.45. The molecule has 2 atom stereocenters. The van der Waals surface area contributed by atoms with Gasteiger partial charge in [0, 0.05) is 18.7 Å². The highest BCUT2D eigenvalue weighted by molar-refractivity contribution is 6.05. The molecule has 3 heteroatoms. The fraction of sp³-hybridized carbons (Fsp3) is 0.125. The molecule has 0 bridgehead atoms. The molecule has 1 aliphatic rings. The van der Waals surface area contributed by atoms with Crippen LogP contribution in [-0.2, 0) is 4.79 Å². The summed E-state index contributed by atoms with van der Waals surface area (Å²) in [5, 5.41) is 0. The first-order valence-corrected chi connectivity index (χ1v) is 9.00. The Kier molecular flexibility index (Phi) is 4.59. The number of anilines is 1. The lowest BCUT2D eigenvalue weighted by atomic mass is 9.81. The summed E-state index contributed by atoms with van der Waals surface area (Å²) >= 11 is 0. The Balaban J connectivity index is 1.81. The Bertz CT molecular complexity index is 982. The quantitative estimate of drug-likeness (QED) is 0.614. The van der Waals surface area contributed by atoms with E-state index in [9.17, 15) is 9.18 Å². The van der Waals surface area contributed by atoms with Crippen LogP contribution in [0.15, 0.2) is 84.9 Å². The standard InChI is InChI=1S/C24H20FNO/c1-26-22-15-13-19(25)16-21(22)23(24(26)27)20(18-10-6-3-7-11-18)14-12-17-8-4-2-5-9-17/h2-16,20,23H,1H3/b14-12+/t20-,23+/m0/s1. The molecule has 0 radical (unpaired) electrons. The molecule has 0 fully saturated rings. The number of benzene rings is 3. The van der Waals surface area contributed by atoms with Crippen molar-refractivity contribution in [2.24, 2.45) is 0 Å². The van der Waals surface area contributed by atoms with Crippen LogP contribution in [0.2, 0.25) is 0 Å². The monoisotopic (exact) mass is 357 g/mol. The summed E-state index contributed by atoms with van der Waals surface area (Å²) in [6, 6.07) is 24.5. The van der Waals surface area contributed by atoms with Crippen LogP contribution in [-0.4, -0.2) is 13.0 Å². The second-order valence-corrected chi connectivity index (χ2v) is 6.78. The van der Waals surface area contributed by atoms with Gasteiger partial charge in [-0.25, -0.2) is 4.39 Å². The van der Waals surface area contributed by atoms with E-state index in [1.165, 1.54) is 12.1 Å². The van der Waals surface area contributed by atoms with Gasteiger partial charge in [-0.05, 0) is 34.9 Å². The number of nitrogens with zero attached hydrogens (tertiary/aromatic N) is 1. The van der Waals surface area contributed by atoms with E-state index < -0.39 is 5.92 Å². The van der Waals surface area contributed by atoms with Crippen LogP contribution in [0.5, 0.6) is 0 Å². The molecule has 0 aliphatic carbocycles. The highest BCUT2D eigenvalue weighted by Gasteiger charge is 2.40. The van der Waals surface area contributed by atoms with E-state index in [0.717, 1.165) is 22.4 Å². The molecule has 0 aromatic heterocycles. The zero-order valence-corrected chi connectivity index (χ0v) is 15.0. The van der Waals surface area contributed by atoms with Crippen LogP contribution < -0.4 is 4.90 Å². The van der Waals surface area contributed by atoms with Crippen LogP contribution in [0.25, 0.3) is 6.08 Å². The topological polar surface area (TPSA) is 20.3 Å². The van der Waals surface area contributed by atoms with Gasteiger partial charge in [0.1, 0.15) is 5.82 Å². The maximum atomic E-state index is 14.0. The lowest BCUT2D eigenvalue weighted by Crippen LogP contribution is -2.26. The van der Waals surface area contributed by atoms with Gasteiger partial charge in [-0.1, -0.05) is 72.8 Å². The first-order chi connectivity index (χ1) is 13.1. The molecule has 3 aromatic rings. The van der Waals surface area contributed by atoms with E-state index >= 15 is 0 Å². The van der Waals surface area contributed by atoms with E-state index in [0.29, 0.717) is 0 Å². The van der Waals surface area contributed by atoms with Crippen molar-refractivity contribution in [1.29, 1.82) is 0 Å². The number of fused-ring (bicyclic) bond motifs is 1. The largest absolute Gasteiger partial charge is 0.315 e. The van der Waals surface area contributed by atoms with Gasteiger partial charge in [0.05, 0.1) is 5.92 Å². The third kappa shape index (κ3) is 3.28. The van der Waals surface area contributed by atoms with Crippen molar-refractivity contribution in [3.63, 3.8) is 0 Å². The first-order valence-electron chi connectivity index (χ1n) is 9.00. The third-order valence-electron chi connectivity index (χ3n) is 5.12. The molecule has 27 heavy (non-hydrogen) atoms. The average Bonchev–Trinajstić information content (AvgIpc) is 2.94. The van der Waals surface area contributed by atoms with Gasteiger partial charge in [-0.2, -0.15) is 0 Å². The highest BCUT2D eigenvalue weighted by atomic mass is 19.1. The molecule has 1 amide bonds. The molecular weight excluding hydrogens is 337 g/mol. The lowest BCUT2D eigenvalue weighted by molar-refractivity contribution is -0.119. The molecule has 2 nitrogen and oxygen atoms in total. The molecule has 134 valence electrons. The number of hydrogen-bond donors (Lipinski definition) is 0. The summed E-state index contributed by atoms with van der Waals surface area (Å²) in [6.07, 6.45) is 4.09. The zero-order chi connectivity index (χ0) is 18.8. The van der Waals surface area contributed by atoms with E-state index in [1.54, 1.807) is 18.0 Å². The second-order valence-electron chi connectivity index (χ2n) is 6.78. The summed E-state index contributed by atoms with van der Waals surface area (Å²) in [6.45, 7) is 0. The number of allylic oxidation sites excluding steroid dienone is 1. The maximum Gasteiger partial charge on any atom is 0.235 e. The fourth-order valence-electron chi connectivity index (χ4n) is 3.76. The molecule has 3 aromatic carbocycles. The molecule has 1 aliphatic heterocycles. The van der Waals surface area contributed by atoms with E-state index in [4.69, 9.17) is 0 Å². The number of hydrogen-bond acceptors (Lipinski definition) is 1. The smallest absolute Gasteiger partial charge is 0.235 e. The number of rotatable bonds is 4. The lowest BCUT2D eigenvalue weighted by Gasteiger charge is -2.21. The van der Waals surface area contributed by atoms with Crippen molar-refractivity contribution in [1.82, 2.24) is 0 Å². The zero-order valence-electron chi connectivity index (χ0n) is 15.0. The van der Waals surface area contributed by atoms with E-state index in [1.807, 2.05) is 66.7 Å². The number of likely N-dealkylation sites (N-methyl/N-ethyl adjacent to an activating group) is 1. The summed E-state index contributed by atoms with van der Waals surface area (Å²) in [7, 11) is 1.75. The molecule has 1 heterocycles. The molecule has 0 spiro atoms. The Labute approximate surface area is 158 Å². The summed E-state index contributed by atoms with van der Waals surface area (Å²) < 4.78 is 14.0. The molecule has 4 rings (SSSR count). The van der Waals surface area contributed by atoms with Crippen molar-refractivity contribution in [2.45, 2.75) is 11.8 Å². The SMILES string of the molecule is CN1C(=O)[C@H]([C@@H](/C=C/c2ccccc2)c2ccccc2)c2cc(F)ccc21. The van der Waals surface area contributed by atoms with Crippen molar-refractivity contribution >= 4 is 17.7 Å². The molecule has 0 saturated carbocycles. The average molecular weight is 357 g/mol. The first kappa shape index (κ1) is 17.2. The van der Waals surface area contributed by atoms with E-state index in [2.05, 4.69) is 6.08 Å². The van der Waals surface area contributed by atoms with Crippen molar-refractivity contribution < 1.29 is 9.18 Å². The Morgan fingerprint density at radius 3 is 2.33 bits per heavy atom. The number of carbonyl (C=O) groups is 1. The summed E-state index contributed by atoms with van der Waals surface area (Å²) in [5.74, 6) is -0.949. The van der Waals surface area contributed by atoms with Gasteiger partial charge >= 0.3 is 0 Å². The molecule has 0 N–H and O–H groups in total. The second kappa shape index (κ2) is 7.20. The van der Waals surface area contributed by atoms with Crippen LogP contribution in [0, 0.1) is 5.82 Å². The normalized spacial score (nSPS) is 17.3. The van der Waals surface area contributed by atoms with Gasteiger partial charge in [0.15, 0.2) is 0 Å². The Morgan fingerprint density at radius 2 is 1.63 bits per heavy atom. The van der Waals surface area contributed by atoms with Gasteiger partial charge in [0.25, 0.3) is 0 Å². The maximum absolute atomic E-state index is 14.0. The number of carbonyl (C=O) groups excluding carboxylic acids is 1. The number of halogens is 1. The van der Waals surface area contributed by atoms with Gasteiger partial charge < -0.3 is 4.90 Å². The van der Waals surface area contributed by atoms with E-state index in [-0.39, 0.29) is 17.6 Å². The van der Waals surface area contributed by atoms with Crippen molar-refractivity contribution in [2.75, 3.05) is 11.9 Å². The molecule has 0 unspecified atom stereocenters. The fourth-order valence-corrected chi connectivity index (χ4v) is 3.76. The van der Waals surface area contributed by atoms with Crippen LogP contribution in [0.4, 0.5) is 10.1 Å². The minimum Gasteiger partial charge on any atom is -0.315 e. The van der Waals surface area contributed by atoms with Crippen molar-refractivity contribution in [3.8, 4) is 0 Å². The number of amides is 1. The summed E-state index contributed by atoms with van der Waals surface area (Å²) in [4.78, 5) is 14.7. The predicted molar refractivity (Wildman–Crippen MR) is 107 cm³/mol. The Morgan fingerprint density at radius 1 is 0.963 bits per heavy atom. The van der Waals surface area contributed by atoms with Crippen molar-refractivity contribution in [3.05, 3.63) is 107 Å². The van der Waals surface area contributed by atoms with Crippen LogP contribution in [0.3, 0.4) is 0 Å². The molecular formula is C24H20FNO. The van der Waals surface area contributed by atoms with Crippen LogP contribution in [0.1, 0.15) is 28.5 Å². The van der Waals surface area contributed by atoms with Gasteiger partial charge in [-0.3, -0.25) is 4.79 Å². The minimum absolute atomic E-state index is 0.0119. The third-order valence-corrected chi connectivity index (χ3v) is 5.12.